The van der Waals surface area contributed by atoms with Crippen LogP contribution >= 0.6 is 23.5 Å². The van der Waals surface area contributed by atoms with Crippen LogP contribution in [0.2, 0.25) is 0 Å². The zero-order chi connectivity index (χ0) is 19.5. The topological polar surface area (TPSA) is 38.1 Å². The molecule has 0 amide bonds. The summed E-state index contributed by atoms with van der Waals surface area (Å²) in [4.78, 5) is 14.8. The largest absolute Gasteiger partial charge is 0.242 e. The molecule has 0 aliphatic carbocycles. The van der Waals surface area contributed by atoms with Crippen molar-refractivity contribution in [1.29, 1.82) is 0 Å². The Balaban J connectivity index is 1.72. The summed E-state index contributed by atoms with van der Waals surface area (Å²) in [5.74, 6) is 0. The van der Waals surface area contributed by atoms with Crippen molar-refractivity contribution in [3.63, 3.8) is 0 Å². The van der Waals surface area contributed by atoms with E-state index >= 15 is 0 Å². The molecule has 3 aromatic rings. The number of thioether (sulfide) groups is 2. The number of aliphatic imine (C=N–C) groups is 1. The third kappa shape index (κ3) is 4.37. The van der Waals surface area contributed by atoms with Gasteiger partial charge in [0.1, 0.15) is 16.4 Å². The molecule has 2 aromatic carbocycles. The first kappa shape index (κ1) is 19.0. The third-order valence-electron chi connectivity index (χ3n) is 4.51. The van der Waals surface area contributed by atoms with Crippen LogP contribution in [-0.4, -0.2) is 15.0 Å². The smallest absolute Gasteiger partial charge is 0.116 e. The summed E-state index contributed by atoms with van der Waals surface area (Å²) in [5, 5.41) is 4.20. The van der Waals surface area contributed by atoms with Crippen molar-refractivity contribution in [1.82, 2.24) is 9.97 Å². The highest BCUT2D eigenvalue weighted by Gasteiger charge is 2.21. The number of hydrogen-bond donors (Lipinski definition) is 0. The van der Waals surface area contributed by atoms with E-state index in [1.54, 1.807) is 29.9 Å². The molecule has 2 heterocycles. The average molecular weight is 404 g/mol. The number of nitrogens with zero attached hydrogens (tertiary/aromatic N) is 3. The van der Waals surface area contributed by atoms with E-state index < -0.39 is 0 Å². The minimum atomic E-state index is 0.881. The maximum Gasteiger partial charge on any atom is 0.116 e. The SMILES string of the molecule is Cc1ccc(N=C2Sc3c(C)cccc3C/C2=C\Sc2cc(C)ncn2)cc1. The van der Waals surface area contributed by atoms with Gasteiger partial charge in [0, 0.05) is 17.0 Å². The van der Waals surface area contributed by atoms with Crippen LogP contribution in [0.15, 0.2) is 80.8 Å². The molecule has 0 bridgehead atoms. The molecule has 0 saturated heterocycles. The van der Waals surface area contributed by atoms with Crippen LogP contribution in [0.1, 0.15) is 22.4 Å². The van der Waals surface area contributed by atoms with Gasteiger partial charge in [0.25, 0.3) is 0 Å². The molecule has 0 atom stereocenters. The molecule has 0 saturated carbocycles. The van der Waals surface area contributed by atoms with Gasteiger partial charge in [-0.3, -0.25) is 0 Å². The molecular weight excluding hydrogens is 382 g/mol. The minimum Gasteiger partial charge on any atom is -0.242 e. The lowest BCUT2D eigenvalue weighted by molar-refractivity contribution is 1.01. The second-order valence-corrected chi connectivity index (χ2v) is 8.74. The Morgan fingerprint density at radius 1 is 1.04 bits per heavy atom. The summed E-state index contributed by atoms with van der Waals surface area (Å²) in [7, 11) is 0. The van der Waals surface area contributed by atoms with Gasteiger partial charge in [-0.1, -0.05) is 59.4 Å². The van der Waals surface area contributed by atoms with Gasteiger partial charge in [0.05, 0.1) is 5.69 Å². The highest BCUT2D eigenvalue weighted by atomic mass is 32.2. The van der Waals surface area contributed by atoms with Crippen LogP contribution in [-0.2, 0) is 6.42 Å². The van der Waals surface area contributed by atoms with Gasteiger partial charge >= 0.3 is 0 Å². The number of aromatic nitrogens is 2. The molecule has 5 heteroatoms. The molecule has 4 rings (SSSR count). The zero-order valence-electron chi connectivity index (χ0n) is 16.1. The van der Waals surface area contributed by atoms with Crippen LogP contribution in [0.3, 0.4) is 0 Å². The van der Waals surface area contributed by atoms with E-state index in [1.165, 1.54) is 27.2 Å². The molecule has 140 valence electrons. The van der Waals surface area contributed by atoms with Crippen molar-refractivity contribution in [2.45, 2.75) is 37.1 Å². The zero-order valence-corrected chi connectivity index (χ0v) is 17.8. The molecule has 0 spiro atoms. The van der Waals surface area contributed by atoms with E-state index in [0.29, 0.717) is 0 Å². The summed E-state index contributed by atoms with van der Waals surface area (Å²) >= 11 is 3.39. The van der Waals surface area contributed by atoms with E-state index in [2.05, 4.69) is 71.7 Å². The molecule has 0 unspecified atom stereocenters. The lowest BCUT2D eigenvalue weighted by Crippen LogP contribution is -2.10. The van der Waals surface area contributed by atoms with Crippen molar-refractivity contribution in [3.8, 4) is 0 Å². The molecule has 28 heavy (non-hydrogen) atoms. The van der Waals surface area contributed by atoms with Gasteiger partial charge < -0.3 is 0 Å². The molecule has 0 N–H and O–H groups in total. The Morgan fingerprint density at radius 2 is 1.86 bits per heavy atom. The maximum atomic E-state index is 4.98. The van der Waals surface area contributed by atoms with E-state index in [9.17, 15) is 0 Å². The van der Waals surface area contributed by atoms with Crippen LogP contribution in [0, 0.1) is 20.8 Å². The molecule has 0 radical (unpaired) electrons. The van der Waals surface area contributed by atoms with Crippen LogP contribution in [0.25, 0.3) is 0 Å². The summed E-state index contributed by atoms with van der Waals surface area (Å²) < 4.78 is 0. The predicted molar refractivity (Wildman–Crippen MR) is 120 cm³/mol. The Bertz CT molecular complexity index is 1070. The number of aryl methyl sites for hydroxylation is 3. The second-order valence-electron chi connectivity index (χ2n) is 6.85. The first-order valence-electron chi connectivity index (χ1n) is 9.15. The van der Waals surface area contributed by atoms with Gasteiger partial charge in [-0.2, -0.15) is 0 Å². The quantitative estimate of drug-likeness (QED) is 0.372. The third-order valence-corrected chi connectivity index (χ3v) is 6.72. The predicted octanol–water partition coefficient (Wildman–Crippen LogP) is 6.46. The summed E-state index contributed by atoms with van der Waals surface area (Å²) in [6, 6.07) is 16.9. The normalized spacial score (nSPS) is 16.4. The monoisotopic (exact) mass is 403 g/mol. The van der Waals surface area contributed by atoms with E-state index in [-0.39, 0.29) is 0 Å². The van der Waals surface area contributed by atoms with Crippen molar-refractivity contribution in [3.05, 3.63) is 88.2 Å². The molecule has 1 aliphatic heterocycles. The molecule has 0 fully saturated rings. The number of rotatable bonds is 3. The summed E-state index contributed by atoms with van der Waals surface area (Å²) in [6.07, 6.45) is 2.50. The van der Waals surface area contributed by atoms with Gasteiger partial charge in [-0.05, 0) is 61.1 Å². The summed E-state index contributed by atoms with van der Waals surface area (Å²) in [5.41, 5.74) is 7.09. The fourth-order valence-electron chi connectivity index (χ4n) is 2.99. The Morgan fingerprint density at radius 3 is 2.64 bits per heavy atom. The Hall–Kier alpha value is -2.37. The van der Waals surface area contributed by atoms with Crippen molar-refractivity contribution >= 4 is 34.3 Å². The van der Waals surface area contributed by atoms with E-state index in [4.69, 9.17) is 4.99 Å². The fourth-order valence-corrected chi connectivity index (χ4v) is 4.98. The van der Waals surface area contributed by atoms with Gasteiger partial charge in [-0.15, -0.1) is 0 Å². The Labute approximate surface area is 174 Å². The van der Waals surface area contributed by atoms with Crippen LogP contribution in [0.4, 0.5) is 5.69 Å². The first-order chi connectivity index (χ1) is 13.6. The lowest BCUT2D eigenvalue weighted by atomic mass is 10.0. The first-order valence-corrected chi connectivity index (χ1v) is 10.8. The van der Waals surface area contributed by atoms with Gasteiger partial charge in [0.2, 0.25) is 0 Å². The van der Waals surface area contributed by atoms with Gasteiger partial charge in [-0.25, -0.2) is 15.0 Å². The summed E-state index contributed by atoms with van der Waals surface area (Å²) in [6.45, 7) is 6.25. The second kappa shape index (κ2) is 8.33. The van der Waals surface area contributed by atoms with E-state index in [1.807, 2.05) is 13.0 Å². The lowest BCUT2D eigenvalue weighted by Gasteiger charge is -2.21. The highest BCUT2D eigenvalue weighted by Crippen LogP contribution is 2.39. The molecular formula is C23H21N3S2. The molecule has 3 nitrogen and oxygen atoms in total. The van der Waals surface area contributed by atoms with Crippen molar-refractivity contribution < 1.29 is 0 Å². The van der Waals surface area contributed by atoms with Gasteiger partial charge in [0.15, 0.2) is 0 Å². The number of benzene rings is 2. The fraction of sp³-hybridized carbons (Fsp3) is 0.174. The van der Waals surface area contributed by atoms with Crippen molar-refractivity contribution in [2.75, 3.05) is 0 Å². The number of hydrogen-bond acceptors (Lipinski definition) is 5. The van der Waals surface area contributed by atoms with Crippen molar-refractivity contribution in [2.24, 2.45) is 4.99 Å². The van der Waals surface area contributed by atoms with Crippen LogP contribution < -0.4 is 0 Å². The minimum absolute atomic E-state index is 0.881. The number of fused-ring (bicyclic) bond motifs is 1. The average Bonchev–Trinajstić information content (AvgIpc) is 2.69. The molecule has 1 aliphatic rings. The van der Waals surface area contributed by atoms with Crippen LogP contribution in [0.5, 0.6) is 0 Å². The van der Waals surface area contributed by atoms with E-state index in [0.717, 1.165) is 27.9 Å². The molecule has 1 aromatic heterocycles. The standard InChI is InChI=1S/C23H21N3S2/c1-15-7-9-20(10-8-15)26-23-19(13-27-21-11-17(3)24-14-25-21)12-18-6-4-5-16(2)22(18)28-23/h4-11,13-14H,12H2,1-3H3/b19-13+,26-23?. The Kier molecular flexibility index (Phi) is 5.64. The highest BCUT2D eigenvalue weighted by molar-refractivity contribution is 8.14. The maximum absolute atomic E-state index is 4.98.